The van der Waals surface area contributed by atoms with Gasteiger partial charge in [0.2, 0.25) is 0 Å². The third-order valence-corrected chi connectivity index (χ3v) is 4.61. The molecule has 3 aromatic carbocycles. The van der Waals surface area contributed by atoms with Crippen molar-refractivity contribution in [3.63, 3.8) is 0 Å². The Morgan fingerprint density at radius 2 is 1.33 bits per heavy atom. The summed E-state index contributed by atoms with van der Waals surface area (Å²) in [6.45, 7) is 2.14. The third kappa shape index (κ3) is 4.83. The lowest BCUT2D eigenvalue weighted by atomic mass is 9.82. The first kappa shape index (κ1) is 18.9. The number of rotatable bonds is 7. The molecule has 0 saturated carbocycles. The van der Waals surface area contributed by atoms with Gasteiger partial charge < -0.3 is 9.84 Å². The largest absolute Gasteiger partial charge is 0.462 e. The molecule has 0 amide bonds. The first-order valence-electron chi connectivity index (χ1n) is 9.18. The molecule has 0 bridgehead atoms. The van der Waals surface area contributed by atoms with Crippen molar-refractivity contribution in [1.82, 2.24) is 0 Å². The van der Waals surface area contributed by atoms with Crippen LogP contribution in [0.3, 0.4) is 0 Å². The molecular formula is C24H24O3. The molecule has 3 rings (SSSR count). The molecule has 1 N–H and O–H groups in total. The smallest absolute Gasteiger partial charge is 0.338 e. The lowest BCUT2D eigenvalue weighted by Crippen LogP contribution is -2.31. The predicted octanol–water partition coefficient (Wildman–Crippen LogP) is 4.54. The van der Waals surface area contributed by atoms with E-state index in [1.165, 1.54) is 0 Å². The highest BCUT2D eigenvalue weighted by Gasteiger charge is 2.30. The van der Waals surface area contributed by atoms with Crippen molar-refractivity contribution in [3.8, 4) is 0 Å². The molecule has 3 heteroatoms. The minimum atomic E-state index is -1.03. The molecule has 27 heavy (non-hydrogen) atoms. The van der Waals surface area contributed by atoms with Crippen molar-refractivity contribution in [2.45, 2.75) is 25.4 Å². The summed E-state index contributed by atoms with van der Waals surface area (Å²) >= 11 is 0. The first-order chi connectivity index (χ1) is 13.1. The highest BCUT2D eigenvalue weighted by Crippen LogP contribution is 2.30. The van der Waals surface area contributed by atoms with Gasteiger partial charge in [-0.15, -0.1) is 0 Å². The van der Waals surface area contributed by atoms with Gasteiger partial charge in [-0.25, -0.2) is 4.79 Å². The van der Waals surface area contributed by atoms with Crippen molar-refractivity contribution in [2.75, 3.05) is 6.61 Å². The lowest BCUT2D eigenvalue weighted by Gasteiger charge is -2.29. The van der Waals surface area contributed by atoms with Crippen LogP contribution in [0.2, 0.25) is 0 Å². The number of hydrogen-bond acceptors (Lipinski definition) is 3. The minimum absolute atomic E-state index is 0.327. The van der Waals surface area contributed by atoms with Crippen molar-refractivity contribution < 1.29 is 14.6 Å². The van der Waals surface area contributed by atoms with Crippen LogP contribution in [-0.4, -0.2) is 17.7 Å². The highest BCUT2D eigenvalue weighted by molar-refractivity contribution is 5.89. The van der Waals surface area contributed by atoms with Gasteiger partial charge in [-0.2, -0.15) is 0 Å². The normalized spacial score (nSPS) is 13.0. The van der Waals surface area contributed by atoms with Crippen LogP contribution in [0.15, 0.2) is 84.9 Å². The molecule has 0 heterocycles. The van der Waals surface area contributed by atoms with Gasteiger partial charge in [0.25, 0.3) is 0 Å². The van der Waals surface area contributed by atoms with Gasteiger partial charge in [0.1, 0.15) is 0 Å². The molecule has 3 nitrogen and oxygen atoms in total. The molecule has 0 aliphatic rings. The van der Waals surface area contributed by atoms with Crippen LogP contribution in [0, 0.1) is 0 Å². The number of aliphatic hydroxyl groups is 1. The number of hydrogen-bond donors (Lipinski definition) is 1. The van der Waals surface area contributed by atoms with E-state index in [1.807, 2.05) is 72.8 Å². The average Bonchev–Trinajstić information content (AvgIpc) is 2.70. The highest BCUT2D eigenvalue weighted by atomic mass is 16.5. The Bertz CT molecular complexity index is 857. The number of ether oxygens (including phenoxy) is 1. The van der Waals surface area contributed by atoms with Crippen molar-refractivity contribution in [2.24, 2.45) is 0 Å². The summed E-state index contributed by atoms with van der Waals surface area (Å²) in [7, 11) is 0. The van der Waals surface area contributed by atoms with Crippen LogP contribution in [-0.2, 0) is 23.2 Å². The molecule has 0 aromatic heterocycles. The summed E-state index contributed by atoms with van der Waals surface area (Å²) in [6.07, 6.45) is 0.965. The first-order valence-corrected chi connectivity index (χ1v) is 9.18. The van der Waals surface area contributed by atoms with Crippen molar-refractivity contribution in [3.05, 3.63) is 107 Å². The number of carbonyl (C=O) groups excluding carboxylic acids is 1. The van der Waals surface area contributed by atoms with E-state index in [9.17, 15) is 9.90 Å². The number of carbonyl (C=O) groups is 1. The average molecular weight is 360 g/mol. The Labute approximate surface area is 160 Å². The second kappa shape index (κ2) is 8.65. The topological polar surface area (TPSA) is 46.5 Å². The fraction of sp³-hybridized carbons (Fsp3) is 0.208. The Hall–Kier alpha value is -2.91. The Balaban J connectivity index is 1.86. The van der Waals surface area contributed by atoms with E-state index >= 15 is 0 Å². The van der Waals surface area contributed by atoms with Gasteiger partial charge in [0, 0.05) is 12.8 Å². The van der Waals surface area contributed by atoms with Crippen LogP contribution < -0.4 is 0 Å². The van der Waals surface area contributed by atoms with E-state index in [4.69, 9.17) is 4.74 Å². The van der Waals surface area contributed by atoms with Gasteiger partial charge in [0.15, 0.2) is 0 Å². The monoisotopic (exact) mass is 360 g/mol. The Morgan fingerprint density at radius 3 is 1.89 bits per heavy atom. The summed E-state index contributed by atoms with van der Waals surface area (Å²) in [5.74, 6) is -0.327. The van der Waals surface area contributed by atoms with E-state index in [0.717, 1.165) is 16.7 Å². The van der Waals surface area contributed by atoms with Crippen molar-refractivity contribution >= 4 is 5.97 Å². The zero-order valence-corrected chi connectivity index (χ0v) is 15.5. The van der Waals surface area contributed by atoms with Gasteiger partial charge in [0.05, 0.1) is 17.8 Å². The van der Waals surface area contributed by atoms with E-state index < -0.39 is 5.60 Å². The second-order valence-corrected chi connectivity index (χ2v) is 6.65. The Kier molecular flexibility index (Phi) is 6.05. The minimum Gasteiger partial charge on any atom is -0.462 e. The maximum absolute atomic E-state index is 11.8. The quantitative estimate of drug-likeness (QED) is 0.630. The maximum Gasteiger partial charge on any atom is 0.338 e. The zero-order chi connectivity index (χ0) is 19.1. The molecule has 0 aliphatic heterocycles. The molecule has 3 aromatic rings. The molecule has 1 atom stereocenters. The zero-order valence-electron chi connectivity index (χ0n) is 15.5. The van der Waals surface area contributed by atoms with Gasteiger partial charge >= 0.3 is 5.97 Å². The van der Waals surface area contributed by atoms with E-state index in [2.05, 4.69) is 0 Å². The van der Waals surface area contributed by atoms with E-state index in [-0.39, 0.29) is 5.97 Å². The van der Waals surface area contributed by atoms with Crippen LogP contribution in [0.4, 0.5) is 0 Å². The molecule has 0 aliphatic carbocycles. The van der Waals surface area contributed by atoms with Gasteiger partial charge in [-0.1, -0.05) is 72.8 Å². The predicted molar refractivity (Wildman–Crippen MR) is 107 cm³/mol. The molecule has 1 unspecified atom stereocenters. The van der Waals surface area contributed by atoms with Gasteiger partial charge in [-0.05, 0) is 35.7 Å². The molecule has 0 saturated heterocycles. The summed E-state index contributed by atoms with van der Waals surface area (Å²) in [5, 5.41) is 11.6. The van der Waals surface area contributed by atoms with Crippen molar-refractivity contribution in [1.29, 1.82) is 0 Å². The molecular weight excluding hydrogens is 336 g/mol. The van der Waals surface area contributed by atoms with Gasteiger partial charge in [-0.3, -0.25) is 0 Å². The maximum atomic E-state index is 11.8. The summed E-state index contributed by atoms with van der Waals surface area (Å²) < 4.78 is 5.03. The second-order valence-electron chi connectivity index (χ2n) is 6.65. The summed E-state index contributed by atoms with van der Waals surface area (Å²) in [5.41, 5.74) is 2.40. The van der Waals surface area contributed by atoms with Crippen LogP contribution in [0.5, 0.6) is 0 Å². The van der Waals surface area contributed by atoms with Crippen LogP contribution in [0.25, 0.3) is 0 Å². The fourth-order valence-electron chi connectivity index (χ4n) is 3.26. The fourth-order valence-corrected chi connectivity index (χ4v) is 3.26. The van der Waals surface area contributed by atoms with Crippen LogP contribution in [0.1, 0.15) is 34.0 Å². The standard InChI is InChI=1S/C24H24O3/c1-2-27-23(25)21-15-13-20(14-16-21)18-24(26,22-11-7-4-8-12-22)17-19-9-5-3-6-10-19/h3-16,26H,2,17-18H2,1H3. The molecule has 0 radical (unpaired) electrons. The SMILES string of the molecule is CCOC(=O)c1ccc(CC(O)(Cc2ccccc2)c2ccccc2)cc1. The van der Waals surface area contributed by atoms with Crippen LogP contribution >= 0.6 is 0 Å². The number of benzene rings is 3. The lowest BCUT2D eigenvalue weighted by molar-refractivity contribution is 0.0371. The summed E-state index contributed by atoms with van der Waals surface area (Å²) in [4.78, 5) is 11.8. The summed E-state index contributed by atoms with van der Waals surface area (Å²) in [6, 6.07) is 27.0. The molecule has 0 spiro atoms. The third-order valence-electron chi connectivity index (χ3n) is 4.61. The van der Waals surface area contributed by atoms with E-state index in [0.29, 0.717) is 25.0 Å². The number of esters is 1. The molecule has 138 valence electrons. The molecule has 0 fully saturated rings. The van der Waals surface area contributed by atoms with E-state index in [1.54, 1.807) is 19.1 Å². The Morgan fingerprint density at radius 1 is 0.815 bits per heavy atom.